The lowest BCUT2D eigenvalue weighted by Gasteiger charge is -2.35. The Morgan fingerprint density at radius 1 is 0.957 bits per heavy atom. The van der Waals surface area contributed by atoms with E-state index in [4.69, 9.17) is 0 Å². The Labute approximate surface area is 139 Å². The molecule has 4 nitrogen and oxygen atoms in total. The third-order valence-electron chi connectivity index (χ3n) is 4.50. The number of nitrogens with zero attached hydrogens (tertiary/aromatic N) is 3. The summed E-state index contributed by atoms with van der Waals surface area (Å²) in [6.07, 6.45) is 3.72. The van der Waals surface area contributed by atoms with E-state index in [9.17, 15) is 0 Å². The van der Waals surface area contributed by atoms with Gasteiger partial charge in [0, 0.05) is 57.3 Å². The van der Waals surface area contributed by atoms with E-state index in [-0.39, 0.29) is 0 Å². The van der Waals surface area contributed by atoms with Crippen LogP contribution in [-0.2, 0) is 13.1 Å². The van der Waals surface area contributed by atoms with Crippen molar-refractivity contribution in [1.29, 1.82) is 0 Å². The SMILES string of the molecule is CCN1CCN(c2ccc(CNCc3cccnc3)cc2)CC1. The largest absolute Gasteiger partial charge is 0.369 e. The van der Waals surface area contributed by atoms with Gasteiger partial charge in [0.2, 0.25) is 0 Å². The van der Waals surface area contributed by atoms with Crippen LogP contribution in [0.4, 0.5) is 5.69 Å². The van der Waals surface area contributed by atoms with Gasteiger partial charge in [-0.05, 0) is 35.9 Å². The van der Waals surface area contributed by atoms with E-state index in [1.54, 1.807) is 0 Å². The van der Waals surface area contributed by atoms with Crippen LogP contribution in [0.15, 0.2) is 48.8 Å². The highest BCUT2D eigenvalue weighted by molar-refractivity contribution is 5.48. The van der Waals surface area contributed by atoms with Crippen molar-refractivity contribution < 1.29 is 0 Å². The average Bonchev–Trinajstić information content (AvgIpc) is 2.63. The van der Waals surface area contributed by atoms with Crippen LogP contribution in [0.3, 0.4) is 0 Å². The highest BCUT2D eigenvalue weighted by Gasteiger charge is 2.15. The van der Waals surface area contributed by atoms with Crippen molar-refractivity contribution in [1.82, 2.24) is 15.2 Å². The van der Waals surface area contributed by atoms with Crippen LogP contribution in [0.2, 0.25) is 0 Å². The summed E-state index contributed by atoms with van der Waals surface area (Å²) in [7, 11) is 0. The molecule has 1 aromatic carbocycles. The van der Waals surface area contributed by atoms with Gasteiger partial charge in [-0.3, -0.25) is 4.98 Å². The minimum Gasteiger partial charge on any atom is -0.369 e. The summed E-state index contributed by atoms with van der Waals surface area (Å²) in [4.78, 5) is 9.13. The lowest BCUT2D eigenvalue weighted by molar-refractivity contribution is 0.271. The summed E-state index contributed by atoms with van der Waals surface area (Å²) in [5.74, 6) is 0. The number of anilines is 1. The summed E-state index contributed by atoms with van der Waals surface area (Å²) in [6.45, 7) is 9.75. The monoisotopic (exact) mass is 310 g/mol. The van der Waals surface area contributed by atoms with E-state index in [1.807, 2.05) is 18.5 Å². The lowest BCUT2D eigenvalue weighted by atomic mass is 10.1. The quantitative estimate of drug-likeness (QED) is 0.888. The molecule has 3 rings (SSSR count). The van der Waals surface area contributed by atoms with Crippen LogP contribution < -0.4 is 10.2 Å². The molecule has 0 saturated carbocycles. The maximum absolute atomic E-state index is 4.14. The first kappa shape index (κ1) is 16.0. The zero-order chi connectivity index (χ0) is 15.9. The molecule has 0 unspecified atom stereocenters. The molecular weight excluding hydrogens is 284 g/mol. The maximum atomic E-state index is 4.14. The smallest absolute Gasteiger partial charge is 0.0367 e. The van der Waals surface area contributed by atoms with Gasteiger partial charge in [-0.15, -0.1) is 0 Å². The minimum atomic E-state index is 0.856. The van der Waals surface area contributed by atoms with E-state index < -0.39 is 0 Å². The Morgan fingerprint density at radius 2 is 1.70 bits per heavy atom. The highest BCUT2D eigenvalue weighted by atomic mass is 15.3. The van der Waals surface area contributed by atoms with Crippen LogP contribution in [0.5, 0.6) is 0 Å². The van der Waals surface area contributed by atoms with Gasteiger partial charge in [0.1, 0.15) is 0 Å². The second-order valence-electron chi connectivity index (χ2n) is 6.05. The van der Waals surface area contributed by atoms with Crippen molar-refractivity contribution >= 4 is 5.69 Å². The van der Waals surface area contributed by atoms with Crippen LogP contribution in [0.1, 0.15) is 18.1 Å². The first-order valence-electron chi connectivity index (χ1n) is 8.51. The normalized spacial score (nSPS) is 15.8. The van der Waals surface area contributed by atoms with Gasteiger partial charge in [0.15, 0.2) is 0 Å². The molecule has 1 N–H and O–H groups in total. The maximum Gasteiger partial charge on any atom is 0.0367 e. The number of benzene rings is 1. The van der Waals surface area contributed by atoms with Gasteiger partial charge in [-0.25, -0.2) is 0 Å². The summed E-state index contributed by atoms with van der Waals surface area (Å²) < 4.78 is 0. The van der Waals surface area contributed by atoms with E-state index in [0.29, 0.717) is 0 Å². The molecule has 0 atom stereocenters. The zero-order valence-electron chi connectivity index (χ0n) is 13.9. The first-order valence-corrected chi connectivity index (χ1v) is 8.51. The minimum absolute atomic E-state index is 0.856. The third-order valence-corrected chi connectivity index (χ3v) is 4.50. The standard InChI is InChI=1S/C19H26N4/c1-2-22-10-12-23(13-11-22)19-7-5-17(6-8-19)14-21-16-18-4-3-9-20-15-18/h3-9,15,21H,2,10-14,16H2,1H3. The van der Waals surface area contributed by atoms with Crippen LogP contribution >= 0.6 is 0 Å². The Kier molecular flexibility index (Phi) is 5.61. The summed E-state index contributed by atoms with van der Waals surface area (Å²) in [5.41, 5.74) is 3.89. The van der Waals surface area contributed by atoms with E-state index in [0.717, 1.165) is 32.7 Å². The Bertz CT molecular complexity index is 574. The predicted octanol–water partition coefficient (Wildman–Crippen LogP) is 2.51. The molecular formula is C19H26N4. The Hall–Kier alpha value is -1.91. The summed E-state index contributed by atoms with van der Waals surface area (Å²) in [5, 5.41) is 3.47. The Balaban J connectivity index is 1.47. The molecule has 0 bridgehead atoms. The Morgan fingerprint density at radius 3 is 2.35 bits per heavy atom. The molecule has 1 fully saturated rings. The van der Waals surface area contributed by atoms with Crippen molar-refractivity contribution in [3.05, 3.63) is 59.9 Å². The van der Waals surface area contributed by atoms with E-state index in [1.165, 1.54) is 29.9 Å². The lowest BCUT2D eigenvalue weighted by Crippen LogP contribution is -2.46. The molecule has 1 aliphatic rings. The number of rotatable bonds is 6. The summed E-state index contributed by atoms with van der Waals surface area (Å²) >= 11 is 0. The average molecular weight is 310 g/mol. The fraction of sp³-hybridized carbons (Fsp3) is 0.421. The van der Waals surface area contributed by atoms with Crippen LogP contribution in [0, 0.1) is 0 Å². The third kappa shape index (κ3) is 4.53. The molecule has 122 valence electrons. The first-order chi connectivity index (χ1) is 11.3. The number of hydrogen-bond acceptors (Lipinski definition) is 4. The van der Waals surface area contributed by atoms with Crippen molar-refractivity contribution in [2.24, 2.45) is 0 Å². The molecule has 2 heterocycles. The molecule has 2 aromatic rings. The zero-order valence-corrected chi connectivity index (χ0v) is 13.9. The van der Waals surface area contributed by atoms with Crippen molar-refractivity contribution in [3.63, 3.8) is 0 Å². The second-order valence-corrected chi connectivity index (χ2v) is 6.05. The second kappa shape index (κ2) is 8.09. The van der Waals surface area contributed by atoms with Gasteiger partial charge in [-0.2, -0.15) is 0 Å². The van der Waals surface area contributed by atoms with E-state index in [2.05, 4.69) is 57.4 Å². The molecule has 0 amide bonds. The molecule has 1 aromatic heterocycles. The van der Waals surface area contributed by atoms with E-state index >= 15 is 0 Å². The molecule has 0 aliphatic carbocycles. The molecule has 1 aliphatic heterocycles. The molecule has 0 spiro atoms. The van der Waals surface area contributed by atoms with Gasteiger partial charge < -0.3 is 15.1 Å². The number of nitrogens with one attached hydrogen (secondary N) is 1. The summed E-state index contributed by atoms with van der Waals surface area (Å²) in [6, 6.07) is 13.0. The number of pyridine rings is 1. The predicted molar refractivity (Wildman–Crippen MR) is 95.5 cm³/mol. The van der Waals surface area contributed by atoms with Gasteiger partial charge in [-0.1, -0.05) is 25.1 Å². The topological polar surface area (TPSA) is 31.4 Å². The van der Waals surface area contributed by atoms with Gasteiger partial charge >= 0.3 is 0 Å². The molecule has 23 heavy (non-hydrogen) atoms. The number of likely N-dealkylation sites (N-methyl/N-ethyl adjacent to an activating group) is 1. The van der Waals surface area contributed by atoms with Crippen molar-refractivity contribution in [3.8, 4) is 0 Å². The number of piperazine rings is 1. The molecule has 0 radical (unpaired) electrons. The highest BCUT2D eigenvalue weighted by Crippen LogP contribution is 2.17. The van der Waals surface area contributed by atoms with Crippen LogP contribution in [0.25, 0.3) is 0 Å². The number of aromatic nitrogens is 1. The van der Waals surface area contributed by atoms with Gasteiger partial charge in [0.05, 0.1) is 0 Å². The van der Waals surface area contributed by atoms with Crippen LogP contribution in [-0.4, -0.2) is 42.6 Å². The molecule has 4 heteroatoms. The van der Waals surface area contributed by atoms with Gasteiger partial charge in [0.25, 0.3) is 0 Å². The fourth-order valence-corrected chi connectivity index (χ4v) is 3.00. The van der Waals surface area contributed by atoms with Crippen molar-refractivity contribution in [2.75, 3.05) is 37.6 Å². The molecule has 1 saturated heterocycles. The number of hydrogen-bond donors (Lipinski definition) is 1. The fourth-order valence-electron chi connectivity index (χ4n) is 3.00. The van der Waals surface area contributed by atoms with Crippen molar-refractivity contribution in [2.45, 2.75) is 20.0 Å².